The number of nitrogens with one attached hydrogen (secondary N) is 1. The molecule has 30 heavy (non-hydrogen) atoms. The molecule has 1 aromatic carbocycles. The largest absolute Gasteiger partial charge is 0.351 e. The van der Waals surface area contributed by atoms with Gasteiger partial charge in [-0.15, -0.1) is 12.4 Å². The first-order valence-electron chi connectivity index (χ1n) is 11.3. The average molecular weight is 434 g/mol. The van der Waals surface area contributed by atoms with Gasteiger partial charge >= 0.3 is 0 Å². The van der Waals surface area contributed by atoms with E-state index in [1.54, 1.807) is 0 Å². The molecule has 6 heteroatoms. The van der Waals surface area contributed by atoms with Crippen molar-refractivity contribution >= 4 is 24.2 Å². The Morgan fingerprint density at radius 2 is 1.77 bits per heavy atom. The van der Waals surface area contributed by atoms with Gasteiger partial charge in [0.2, 0.25) is 11.8 Å². The van der Waals surface area contributed by atoms with Crippen molar-refractivity contribution in [1.29, 1.82) is 0 Å². The van der Waals surface area contributed by atoms with Gasteiger partial charge in [0.1, 0.15) is 6.04 Å². The molecular weight excluding hydrogens is 398 g/mol. The van der Waals surface area contributed by atoms with Gasteiger partial charge in [-0.2, -0.15) is 0 Å². The maximum atomic E-state index is 13.5. The third-order valence-corrected chi connectivity index (χ3v) is 7.14. The molecule has 2 bridgehead atoms. The first kappa shape index (κ1) is 23.1. The Morgan fingerprint density at radius 1 is 1.13 bits per heavy atom. The standard InChI is InChI=1S/C24H35N3O2.ClH/c1-15(2)10-22(28)27-14-19-7-4-3-6-16(19)13-21(27)24(29)26-23-17-8-5-9-18(23)12-20(25)11-17;/h3-4,6-7,15,17-18,20-21,23H,5,8-14,25H2,1-2H3,(H,26,29);1H. The summed E-state index contributed by atoms with van der Waals surface area (Å²) >= 11 is 0. The topological polar surface area (TPSA) is 75.4 Å². The van der Waals surface area contributed by atoms with Crippen LogP contribution in [-0.4, -0.2) is 34.8 Å². The third-order valence-electron chi connectivity index (χ3n) is 7.14. The molecule has 0 aromatic heterocycles. The van der Waals surface area contributed by atoms with Crippen LogP contribution in [0.2, 0.25) is 0 Å². The molecule has 2 fully saturated rings. The SMILES string of the molecule is CC(C)CC(=O)N1Cc2ccccc2CC1C(=O)NC1C2CCCC1CC(N)C2.Cl. The molecule has 3 aliphatic rings. The van der Waals surface area contributed by atoms with E-state index in [1.807, 2.05) is 17.0 Å². The van der Waals surface area contributed by atoms with Crippen molar-refractivity contribution in [2.24, 2.45) is 23.5 Å². The molecule has 0 radical (unpaired) electrons. The minimum absolute atomic E-state index is 0. The fourth-order valence-electron chi connectivity index (χ4n) is 5.77. The fraction of sp³-hybridized carbons (Fsp3) is 0.667. The molecule has 2 aliphatic carbocycles. The molecule has 2 saturated carbocycles. The first-order chi connectivity index (χ1) is 13.9. The molecule has 3 atom stereocenters. The number of amides is 2. The summed E-state index contributed by atoms with van der Waals surface area (Å²) < 4.78 is 0. The summed E-state index contributed by atoms with van der Waals surface area (Å²) in [6.45, 7) is 4.64. The number of fused-ring (bicyclic) bond motifs is 3. The summed E-state index contributed by atoms with van der Waals surface area (Å²) in [7, 11) is 0. The van der Waals surface area contributed by atoms with E-state index in [4.69, 9.17) is 5.73 Å². The summed E-state index contributed by atoms with van der Waals surface area (Å²) in [6.07, 6.45) is 6.64. The second kappa shape index (κ2) is 9.69. The number of carbonyl (C=O) groups is 2. The van der Waals surface area contributed by atoms with Crippen LogP contribution < -0.4 is 11.1 Å². The first-order valence-corrected chi connectivity index (χ1v) is 11.3. The maximum Gasteiger partial charge on any atom is 0.243 e. The number of hydrogen-bond acceptors (Lipinski definition) is 3. The molecule has 5 nitrogen and oxygen atoms in total. The van der Waals surface area contributed by atoms with Gasteiger partial charge in [-0.1, -0.05) is 44.5 Å². The van der Waals surface area contributed by atoms with E-state index in [9.17, 15) is 9.59 Å². The van der Waals surface area contributed by atoms with Crippen molar-refractivity contribution in [3.05, 3.63) is 35.4 Å². The molecule has 4 rings (SSSR count). The molecule has 166 valence electrons. The van der Waals surface area contributed by atoms with Crippen LogP contribution in [0.25, 0.3) is 0 Å². The highest BCUT2D eigenvalue weighted by Crippen LogP contribution is 2.40. The van der Waals surface area contributed by atoms with Gasteiger partial charge in [0, 0.05) is 31.5 Å². The van der Waals surface area contributed by atoms with E-state index in [1.165, 1.54) is 12.0 Å². The molecule has 3 unspecified atom stereocenters. The molecule has 2 amide bonds. The second-order valence-corrected chi connectivity index (χ2v) is 9.83. The summed E-state index contributed by atoms with van der Waals surface area (Å²) in [4.78, 5) is 28.3. The monoisotopic (exact) mass is 433 g/mol. The zero-order chi connectivity index (χ0) is 20.5. The smallest absolute Gasteiger partial charge is 0.243 e. The van der Waals surface area contributed by atoms with Crippen molar-refractivity contribution in [2.75, 3.05) is 0 Å². The molecule has 1 heterocycles. The van der Waals surface area contributed by atoms with Gasteiger partial charge in [0.15, 0.2) is 0 Å². The molecule has 0 saturated heterocycles. The fourth-order valence-corrected chi connectivity index (χ4v) is 5.77. The van der Waals surface area contributed by atoms with Crippen molar-refractivity contribution in [2.45, 2.75) is 83.5 Å². The van der Waals surface area contributed by atoms with E-state index in [0.717, 1.165) is 31.2 Å². The van der Waals surface area contributed by atoms with Crippen LogP contribution in [0.4, 0.5) is 0 Å². The predicted octanol–water partition coefficient (Wildman–Crippen LogP) is 3.43. The summed E-state index contributed by atoms with van der Waals surface area (Å²) in [5.74, 6) is 1.35. The predicted molar refractivity (Wildman–Crippen MR) is 121 cm³/mol. The molecule has 3 N–H and O–H groups in total. The number of halogens is 1. The van der Waals surface area contributed by atoms with Crippen LogP contribution in [0, 0.1) is 17.8 Å². The quantitative estimate of drug-likeness (QED) is 0.763. The molecule has 1 aromatic rings. The van der Waals surface area contributed by atoms with Gasteiger partial charge in [-0.3, -0.25) is 9.59 Å². The summed E-state index contributed by atoms with van der Waals surface area (Å²) in [6, 6.07) is 8.27. The second-order valence-electron chi connectivity index (χ2n) is 9.83. The Hall–Kier alpha value is -1.59. The number of rotatable bonds is 4. The lowest BCUT2D eigenvalue weighted by molar-refractivity contribution is -0.143. The lowest BCUT2D eigenvalue weighted by Gasteiger charge is -2.46. The Bertz CT molecular complexity index is 755. The lowest BCUT2D eigenvalue weighted by atomic mass is 9.67. The van der Waals surface area contributed by atoms with E-state index >= 15 is 0 Å². The van der Waals surface area contributed by atoms with E-state index in [0.29, 0.717) is 31.2 Å². The van der Waals surface area contributed by atoms with Crippen LogP contribution in [-0.2, 0) is 22.6 Å². The van der Waals surface area contributed by atoms with Crippen LogP contribution >= 0.6 is 12.4 Å². The van der Waals surface area contributed by atoms with E-state index in [-0.39, 0.29) is 42.2 Å². The van der Waals surface area contributed by atoms with Gasteiger partial charge in [0.05, 0.1) is 0 Å². The number of hydrogen-bond donors (Lipinski definition) is 2. The van der Waals surface area contributed by atoms with Crippen LogP contribution in [0.15, 0.2) is 24.3 Å². The van der Waals surface area contributed by atoms with Crippen molar-refractivity contribution < 1.29 is 9.59 Å². The zero-order valence-electron chi connectivity index (χ0n) is 18.2. The van der Waals surface area contributed by atoms with Crippen LogP contribution in [0.1, 0.15) is 63.5 Å². The van der Waals surface area contributed by atoms with Crippen LogP contribution in [0.3, 0.4) is 0 Å². The highest BCUT2D eigenvalue weighted by Gasteiger charge is 2.42. The Kier molecular flexibility index (Phi) is 7.46. The van der Waals surface area contributed by atoms with Gasteiger partial charge < -0.3 is 16.0 Å². The van der Waals surface area contributed by atoms with Crippen LogP contribution in [0.5, 0.6) is 0 Å². The Labute approximate surface area is 186 Å². The number of nitrogens with two attached hydrogens (primary N) is 1. The van der Waals surface area contributed by atoms with Gasteiger partial charge in [-0.25, -0.2) is 0 Å². The highest BCUT2D eigenvalue weighted by atomic mass is 35.5. The lowest BCUT2D eigenvalue weighted by Crippen LogP contribution is -2.59. The van der Waals surface area contributed by atoms with Crippen molar-refractivity contribution in [1.82, 2.24) is 10.2 Å². The van der Waals surface area contributed by atoms with Crippen molar-refractivity contribution in [3.63, 3.8) is 0 Å². The number of benzene rings is 1. The minimum atomic E-state index is -0.410. The Balaban J connectivity index is 0.00000256. The maximum absolute atomic E-state index is 13.5. The minimum Gasteiger partial charge on any atom is -0.351 e. The van der Waals surface area contributed by atoms with E-state index < -0.39 is 6.04 Å². The van der Waals surface area contributed by atoms with Gasteiger partial charge in [-0.05, 0) is 54.6 Å². The van der Waals surface area contributed by atoms with Gasteiger partial charge in [0.25, 0.3) is 0 Å². The number of carbonyl (C=O) groups excluding carboxylic acids is 2. The Morgan fingerprint density at radius 3 is 2.40 bits per heavy atom. The summed E-state index contributed by atoms with van der Waals surface area (Å²) in [5, 5.41) is 3.39. The highest BCUT2D eigenvalue weighted by molar-refractivity contribution is 5.88. The normalized spacial score (nSPS) is 30.3. The number of nitrogens with zero attached hydrogens (tertiary/aromatic N) is 1. The summed E-state index contributed by atoms with van der Waals surface area (Å²) in [5.41, 5.74) is 8.60. The molecule has 0 spiro atoms. The van der Waals surface area contributed by atoms with Crippen molar-refractivity contribution in [3.8, 4) is 0 Å². The zero-order valence-corrected chi connectivity index (χ0v) is 19.0. The molecule has 1 aliphatic heterocycles. The third kappa shape index (κ3) is 4.83. The average Bonchev–Trinajstić information content (AvgIpc) is 2.67. The molecular formula is C24H36ClN3O2. The van der Waals surface area contributed by atoms with E-state index in [2.05, 4.69) is 31.3 Å².